The Kier molecular flexibility index (Phi) is 4.64. The molecule has 1 aromatic rings. The van der Waals surface area contributed by atoms with Crippen molar-refractivity contribution in [1.29, 1.82) is 0 Å². The molecule has 0 radical (unpaired) electrons. The number of anilines is 1. The van der Waals surface area contributed by atoms with Gasteiger partial charge in [0.05, 0.1) is 27.4 Å². The van der Waals surface area contributed by atoms with Crippen molar-refractivity contribution in [2.75, 3.05) is 12.4 Å². The molecule has 1 N–H and O–H groups in total. The second kappa shape index (κ2) is 5.42. The molecular weight excluding hydrogens is 264 g/mol. The number of hydrogen-bond donors (Lipinski definition) is 1. The molecule has 1 atom stereocenters. The Morgan fingerprint density at radius 3 is 2.18 bits per heavy atom. The van der Waals surface area contributed by atoms with Gasteiger partial charge in [-0.15, -0.1) is 0 Å². The molecule has 96 valence electrons. The van der Waals surface area contributed by atoms with Crippen LogP contribution in [-0.2, 0) is 4.74 Å². The summed E-state index contributed by atoms with van der Waals surface area (Å²) >= 11 is 11.9. The Bertz CT molecular complexity index is 386. The van der Waals surface area contributed by atoms with E-state index >= 15 is 0 Å². The Morgan fingerprint density at radius 2 is 1.76 bits per heavy atom. The van der Waals surface area contributed by atoms with E-state index in [2.05, 4.69) is 5.32 Å². The van der Waals surface area contributed by atoms with E-state index in [1.165, 1.54) is 12.1 Å². The van der Waals surface area contributed by atoms with Gasteiger partial charge in [-0.3, -0.25) is 0 Å². The van der Waals surface area contributed by atoms with Gasteiger partial charge < -0.3 is 10.1 Å². The second-order valence-corrected chi connectivity index (χ2v) is 5.23. The minimum Gasteiger partial charge on any atom is -0.377 e. The normalized spacial score (nSPS) is 13.6. The molecule has 17 heavy (non-hydrogen) atoms. The first-order chi connectivity index (χ1) is 7.77. The van der Waals surface area contributed by atoms with Crippen molar-refractivity contribution >= 4 is 28.9 Å². The molecule has 0 aliphatic heterocycles. The van der Waals surface area contributed by atoms with Crippen molar-refractivity contribution in [2.45, 2.75) is 32.4 Å². The van der Waals surface area contributed by atoms with Crippen molar-refractivity contribution in [3.05, 3.63) is 28.0 Å². The number of rotatable bonds is 4. The third-order valence-electron chi connectivity index (χ3n) is 2.94. The van der Waals surface area contributed by atoms with Crippen LogP contribution in [0.4, 0.5) is 10.1 Å². The lowest BCUT2D eigenvalue weighted by molar-refractivity contribution is 0.0107. The molecule has 0 heterocycles. The lowest BCUT2D eigenvalue weighted by Gasteiger charge is -2.32. The molecule has 0 saturated carbocycles. The van der Waals surface area contributed by atoms with Crippen LogP contribution in [0.15, 0.2) is 12.1 Å². The van der Waals surface area contributed by atoms with Gasteiger partial charge in [0, 0.05) is 7.11 Å². The highest BCUT2D eigenvalue weighted by Crippen LogP contribution is 2.33. The van der Waals surface area contributed by atoms with Crippen LogP contribution >= 0.6 is 23.2 Å². The third kappa shape index (κ3) is 3.47. The van der Waals surface area contributed by atoms with Crippen molar-refractivity contribution in [1.82, 2.24) is 0 Å². The number of halogens is 3. The zero-order valence-electron chi connectivity index (χ0n) is 10.3. The van der Waals surface area contributed by atoms with E-state index in [-0.39, 0.29) is 21.7 Å². The van der Waals surface area contributed by atoms with Crippen molar-refractivity contribution < 1.29 is 9.13 Å². The smallest absolute Gasteiger partial charge is 0.126 e. The quantitative estimate of drug-likeness (QED) is 0.884. The van der Waals surface area contributed by atoms with Crippen molar-refractivity contribution in [2.24, 2.45) is 0 Å². The van der Waals surface area contributed by atoms with Gasteiger partial charge >= 0.3 is 0 Å². The summed E-state index contributed by atoms with van der Waals surface area (Å²) in [6.45, 7) is 5.82. The first kappa shape index (κ1) is 14.6. The average molecular weight is 280 g/mol. The van der Waals surface area contributed by atoms with E-state index in [0.717, 1.165) is 0 Å². The minimum absolute atomic E-state index is 0.0343. The highest BCUT2D eigenvalue weighted by Gasteiger charge is 2.26. The minimum atomic E-state index is -0.454. The number of methoxy groups -OCH3 is 1. The number of nitrogens with one attached hydrogen (secondary N) is 1. The van der Waals surface area contributed by atoms with Crippen LogP contribution in [-0.4, -0.2) is 18.8 Å². The Labute approximate surface area is 111 Å². The lowest BCUT2D eigenvalue weighted by atomic mass is 10.00. The van der Waals surface area contributed by atoms with Gasteiger partial charge in [-0.05, 0) is 32.9 Å². The zero-order valence-corrected chi connectivity index (χ0v) is 11.8. The van der Waals surface area contributed by atoms with E-state index in [0.29, 0.717) is 5.69 Å². The summed E-state index contributed by atoms with van der Waals surface area (Å²) in [7, 11) is 1.63. The van der Waals surface area contributed by atoms with E-state index in [4.69, 9.17) is 27.9 Å². The Balaban J connectivity index is 2.96. The zero-order chi connectivity index (χ0) is 13.2. The van der Waals surface area contributed by atoms with Crippen LogP contribution in [0.2, 0.25) is 10.0 Å². The fourth-order valence-electron chi connectivity index (χ4n) is 1.25. The van der Waals surface area contributed by atoms with Crippen LogP contribution in [0.5, 0.6) is 0 Å². The van der Waals surface area contributed by atoms with Gasteiger partial charge in [-0.1, -0.05) is 23.2 Å². The van der Waals surface area contributed by atoms with E-state index in [1.54, 1.807) is 7.11 Å². The summed E-state index contributed by atoms with van der Waals surface area (Å²) in [5.41, 5.74) is 0.133. The molecule has 1 aromatic carbocycles. The molecule has 0 bridgehead atoms. The summed E-state index contributed by atoms with van der Waals surface area (Å²) in [5.74, 6) is -0.454. The monoisotopic (exact) mass is 279 g/mol. The fourth-order valence-corrected chi connectivity index (χ4v) is 1.82. The molecular formula is C12H16Cl2FNO. The predicted molar refractivity (Wildman–Crippen MR) is 70.6 cm³/mol. The maximum Gasteiger partial charge on any atom is 0.126 e. The predicted octanol–water partition coefficient (Wildman–Crippen LogP) is 4.36. The van der Waals surface area contributed by atoms with Gasteiger partial charge in [-0.2, -0.15) is 0 Å². The molecule has 1 unspecified atom stereocenters. The number of hydrogen-bond acceptors (Lipinski definition) is 2. The lowest BCUT2D eigenvalue weighted by Crippen LogP contribution is -2.41. The standard InChI is InChI=1S/C12H16Cl2FNO/c1-7(12(2,3)17-4)16-11-9(13)5-8(15)6-10(11)14/h5-7,16H,1-4H3. The molecule has 0 aliphatic rings. The summed E-state index contributed by atoms with van der Waals surface area (Å²) in [6.07, 6.45) is 0. The number of benzene rings is 1. The van der Waals surface area contributed by atoms with Crippen LogP contribution in [0.25, 0.3) is 0 Å². The Morgan fingerprint density at radius 1 is 1.29 bits per heavy atom. The highest BCUT2D eigenvalue weighted by atomic mass is 35.5. The van der Waals surface area contributed by atoms with Gasteiger partial charge in [-0.25, -0.2) is 4.39 Å². The van der Waals surface area contributed by atoms with E-state index < -0.39 is 5.82 Å². The van der Waals surface area contributed by atoms with Gasteiger partial charge in [0.15, 0.2) is 0 Å². The van der Waals surface area contributed by atoms with Crippen LogP contribution in [0, 0.1) is 5.82 Å². The van der Waals surface area contributed by atoms with Crippen LogP contribution < -0.4 is 5.32 Å². The Hall–Kier alpha value is -0.510. The highest BCUT2D eigenvalue weighted by molar-refractivity contribution is 6.39. The average Bonchev–Trinajstić information content (AvgIpc) is 2.22. The number of ether oxygens (including phenoxy) is 1. The molecule has 0 aliphatic carbocycles. The summed E-state index contributed by atoms with van der Waals surface area (Å²) in [4.78, 5) is 0. The summed E-state index contributed by atoms with van der Waals surface area (Å²) in [5, 5.41) is 3.66. The first-order valence-corrected chi connectivity index (χ1v) is 5.99. The van der Waals surface area contributed by atoms with Crippen LogP contribution in [0.3, 0.4) is 0 Å². The van der Waals surface area contributed by atoms with E-state index in [1.807, 2.05) is 20.8 Å². The summed E-state index contributed by atoms with van der Waals surface area (Å²) in [6, 6.07) is 2.41. The molecule has 2 nitrogen and oxygen atoms in total. The molecule has 0 aromatic heterocycles. The molecule has 0 saturated heterocycles. The van der Waals surface area contributed by atoms with Gasteiger partial charge in [0.2, 0.25) is 0 Å². The maximum absolute atomic E-state index is 13.0. The molecule has 0 amide bonds. The second-order valence-electron chi connectivity index (χ2n) is 4.42. The molecule has 1 rings (SSSR count). The molecule has 0 fully saturated rings. The maximum atomic E-state index is 13.0. The van der Waals surface area contributed by atoms with E-state index in [9.17, 15) is 4.39 Å². The SMILES string of the molecule is COC(C)(C)C(C)Nc1c(Cl)cc(F)cc1Cl. The largest absolute Gasteiger partial charge is 0.377 e. The first-order valence-electron chi connectivity index (χ1n) is 5.24. The topological polar surface area (TPSA) is 21.3 Å². The van der Waals surface area contributed by atoms with Crippen molar-refractivity contribution in [3.63, 3.8) is 0 Å². The van der Waals surface area contributed by atoms with Gasteiger partial charge in [0.1, 0.15) is 5.82 Å². The fraction of sp³-hybridized carbons (Fsp3) is 0.500. The molecule has 5 heteroatoms. The summed E-state index contributed by atoms with van der Waals surface area (Å²) < 4.78 is 18.4. The third-order valence-corrected chi connectivity index (χ3v) is 3.53. The van der Waals surface area contributed by atoms with Crippen LogP contribution in [0.1, 0.15) is 20.8 Å². The molecule has 0 spiro atoms. The van der Waals surface area contributed by atoms with Crippen molar-refractivity contribution in [3.8, 4) is 0 Å². The van der Waals surface area contributed by atoms with Gasteiger partial charge in [0.25, 0.3) is 0 Å².